The summed E-state index contributed by atoms with van der Waals surface area (Å²) >= 11 is 0. The van der Waals surface area contributed by atoms with E-state index in [1.807, 2.05) is 20.8 Å². The number of sulfone groups is 1. The number of aromatic nitrogens is 2. The minimum absolute atomic E-state index is 0.0449. The van der Waals surface area contributed by atoms with Crippen LogP contribution in [0.25, 0.3) is 0 Å². The van der Waals surface area contributed by atoms with E-state index in [9.17, 15) is 13.2 Å². The van der Waals surface area contributed by atoms with Crippen molar-refractivity contribution in [1.82, 2.24) is 19.6 Å². The molecule has 1 amide bonds. The second-order valence-corrected chi connectivity index (χ2v) is 9.20. The fraction of sp³-hybridized carbons (Fsp3) is 0.647. The standard InChI is InChI=1S/C17H26N4O3S/c1-4-20-8-6-14(18-20)17(22)21-10-9-19(7-5-13(2)3)15-11-25(23,24)12-16(15)21/h5-6,8,15-16H,4,7,9-12H2,1-3H3. The summed E-state index contributed by atoms with van der Waals surface area (Å²) in [6, 6.07) is 1.29. The molecule has 25 heavy (non-hydrogen) atoms. The van der Waals surface area contributed by atoms with Crippen molar-refractivity contribution in [2.75, 3.05) is 31.1 Å². The van der Waals surface area contributed by atoms with E-state index in [2.05, 4.69) is 16.1 Å². The summed E-state index contributed by atoms with van der Waals surface area (Å²) in [5.74, 6) is 0.00570. The first-order chi connectivity index (χ1) is 11.8. The van der Waals surface area contributed by atoms with Crippen LogP contribution in [0.15, 0.2) is 23.9 Å². The van der Waals surface area contributed by atoms with Crippen molar-refractivity contribution in [3.63, 3.8) is 0 Å². The molecule has 2 aliphatic heterocycles. The zero-order chi connectivity index (χ0) is 18.2. The van der Waals surface area contributed by atoms with E-state index in [0.717, 1.165) is 6.54 Å². The van der Waals surface area contributed by atoms with Crippen LogP contribution in [-0.2, 0) is 16.4 Å². The topological polar surface area (TPSA) is 75.5 Å². The lowest BCUT2D eigenvalue weighted by Crippen LogP contribution is -2.60. The smallest absolute Gasteiger partial charge is 0.274 e. The molecule has 0 bridgehead atoms. The van der Waals surface area contributed by atoms with Gasteiger partial charge in [0.1, 0.15) is 5.69 Å². The van der Waals surface area contributed by atoms with Gasteiger partial charge in [-0.05, 0) is 26.8 Å². The number of allylic oxidation sites excluding steroid dienone is 1. The Labute approximate surface area is 149 Å². The number of aryl methyl sites for hydroxylation is 1. The second-order valence-electron chi connectivity index (χ2n) is 7.04. The minimum Gasteiger partial charge on any atom is -0.330 e. The maximum Gasteiger partial charge on any atom is 0.274 e. The third kappa shape index (κ3) is 3.79. The molecule has 3 heterocycles. The summed E-state index contributed by atoms with van der Waals surface area (Å²) < 4.78 is 26.2. The number of fused-ring (bicyclic) bond motifs is 1. The van der Waals surface area contributed by atoms with Crippen molar-refractivity contribution in [1.29, 1.82) is 0 Å². The fourth-order valence-electron chi connectivity index (χ4n) is 3.60. The van der Waals surface area contributed by atoms with E-state index in [-0.39, 0.29) is 29.5 Å². The Morgan fingerprint density at radius 2 is 2.00 bits per heavy atom. The van der Waals surface area contributed by atoms with Crippen LogP contribution in [0, 0.1) is 0 Å². The molecule has 8 heteroatoms. The second kappa shape index (κ2) is 6.92. The predicted molar refractivity (Wildman–Crippen MR) is 96.2 cm³/mol. The van der Waals surface area contributed by atoms with E-state index in [4.69, 9.17) is 0 Å². The van der Waals surface area contributed by atoms with Gasteiger partial charge in [0, 0.05) is 38.4 Å². The van der Waals surface area contributed by atoms with E-state index in [0.29, 0.717) is 25.3 Å². The largest absolute Gasteiger partial charge is 0.330 e. The molecule has 0 aromatic carbocycles. The summed E-state index contributed by atoms with van der Waals surface area (Å²) in [6.07, 6.45) is 3.89. The molecule has 2 saturated heterocycles. The highest BCUT2D eigenvalue weighted by molar-refractivity contribution is 7.91. The van der Waals surface area contributed by atoms with Crippen molar-refractivity contribution < 1.29 is 13.2 Å². The van der Waals surface area contributed by atoms with Crippen molar-refractivity contribution in [2.45, 2.75) is 39.4 Å². The molecule has 2 fully saturated rings. The Bertz CT molecular complexity index is 780. The minimum atomic E-state index is -3.13. The highest BCUT2D eigenvalue weighted by Crippen LogP contribution is 2.28. The molecule has 0 radical (unpaired) electrons. The van der Waals surface area contributed by atoms with E-state index < -0.39 is 9.84 Å². The zero-order valence-corrected chi connectivity index (χ0v) is 15.9. The number of hydrogen-bond donors (Lipinski definition) is 0. The SMILES string of the molecule is CCn1ccc(C(=O)N2CCN(CC=C(C)C)C3CS(=O)(=O)CC32)n1. The Morgan fingerprint density at radius 1 is 1.28 bits per heavy atom. The lowest BCUT2D eigenvalue weighted by molar-refractivity contribution is 0.0362. The summed E-state index contributed by atoms with van der Waals surface area (Å²) in [6.45, 7) is 8.67. The van der Waals surface area contributed by atoms with Gasteiger partial charge in [-0.15, -0.1) is 0 Å². The van der Waals surface area contributed by atoms with E-state index in [1.54, 1.807) is 21.8 Å². The average Bonchev–Trinajstić information content (AvgIpc) is 3.14. The van der Waals surface area contributed by atoms with Gasteiger partial charge in [0.2, 0.25) is 0 Å². The summed E-state index contributed by atoms with van der Waals surface area (Å²) in [7, 11) is -3.13. The van der Waals surface area contributed by atoms with Crippen LogP contribution in [0.2, 0.25) is 0 Å². The number of amides is 1. The lowest BCUT2D eigenvalue weighted by Gasteiger charge is -2.43. The summed E-state index contributed by atoms with van der Waals surface area (Å²) in [4.78, 5) is 16.8. The summed E-state index contributed by atoms with van der Waals surface area (Å²) in [5.41, 5.74) is 1.60. The van der Waals surface area contributed by atoms with Crippen molar-refractivity contribution in [3.05, 3.63) is 29.6 Å². The maximum atomic E-state index is 12.9. The van der Waals surface area contributed by atoms with Crippen LogP contribution in [-0.4, -0.2) is 77.1 Å². The van der Waals surface area contributed by atoms with Gasteiger partial charge in [-0.2, -0.15) is 5.10 Å². The van der Waals surface area contributed by atoms with E-state index in [1.165, 1.54) is 5.57 Å². The van der Waals surface area contributed by atoms with E-state index >= 15 is 0 Å². The summed E-state index contributed by atoms with van der Waals surface area (Å²) in [5, 5.41) is 4.29. The predicted octanol–water partition coefficient (Wildman–Crippen LogP) is 0.793. The van der Waals surface area contributed by atoms with Crippen molar-refractivity contribution in [2.24, 2.45) is 0 Å². The Kier molecular flexibility index (Phi) is 5.02. The van der Waals surface area contributed by atoms with Crippen LogP contribution >= 0.6 is 0 Å². The van der Waals surface area contributed by atoms with Gasteiger partial charge < -0.3 is 4.90 Å². The van der Waals surface area contributed by atoms with Gasteiger partial charge >= 0.3 is 0 Å². The normalized spacial score (nSPS) is 25.6. The number of nitrogens with zero attached hydrogens (tertiary/aromatic N) is 4. The Morgan fingerprint density at radius 3 is 2.64 bits per heavy atom. The van der Waals surface area contributed by atoms with Gasteiger partial charge in [0.15, 0.2) is 9.84 Å². The third-order valence-corrected chi connectivity index (χ3v) is 6.67. The molecule has 138 valence electrons. The quantitative estimate of drug-likeness (QED) is 0.737. The zero-order valence-electron chi connectivity index (χ0n) is 15.1. The molecule has 1 aromatic heterocycles. The monoisotopic (exact) mass is 366 g/mol. The van der Waals surface area contributed by atoms with Gasteiger partial charge in [-0.25, -0.2) is 8.42 Å². The molecule has 2 aliphatic rings. The Hall–Kier alpha value is -1.67. The molecular formula is C17H26N4O3S. The molecule has 0 aliphatic carbocycles. The first-order valence-electron chi connectivity index (χ1n) is 8.73. The van der Waals surface area contributed by atoms with Crippen LogP contribution in [0.5, 0.6) is 0 Å². The van der Waals surface area contributed by atoms with Gasteiger partial charge in [-0.3, -0.25) is 14.4 Å². The molecule has 0 saturated carbocycles. The van der Waals surface area contributed by atoms with Gasteiger partial charge in [0.25, 0.3) is 5.91 Å². The molecule has 2 atom stereocenters. The molecule has 7 nitrogen and oxygen atoms in total. The number of rotatable bonds is 4. The molecule has 0 N–H and O–H groups in total. The number of hydrogen-bond acceptors (Lipinski definition) is 5. The highest BCUT2D eigenvalue weighted by atomic mass is 32.2. The number of carbonyl (C=O) groups excluding carboxylic acids is 1. The van der Waals surface area contributed by atoms with Crippen LogP contribution in [0.3, 0.4) is 0 Å². The van der Waals surface area contributed by atoms with Crippen molar-refractivity contribution in [3.8, 4) is 0 Å². The molecule has 0 spiro atoms. The molecule has 2 unspecified atom stereocenters. The molecular weight excluding hydrogens is 340 g/mol. The maximum absolute atomic E-state index is 12.9. The number of carbonyl (C=O) groups is 1. The molecule has 1 aromatic rings. The highest BCUT2D eigenvalue weighted by Gasteiger charge is 2.48. The first-order valence-corrected chi connectivity index (χ1v) is 10.5. The van der Waals surface area contributed by atoms with Gasteiger partial charge in [0.05, 0.1) is 17.5 Å². The lowest BCUT2D eigenvalue weighted by atomic mass is 10.0. The fourth-order valence-corrected chi connectivity index (χ4v) is 5.61. The molecule has 3 rings (SSSR count). The first kappa shape index (κ1) is 18.1. The van der Waals surface area contributed by atoms with Crippen LogP contribution in [0.4, 0.5) is 0 Å². The number of piperazine rings is 1. The third-order valence-electron chi connectivity index (χ3n) is 4.97. The van der Waals surface area contributed by atoms with Gasteiger partial charge in [-0.1, -0.05) is 11.6 Å². The van der Waals surface area contributed by atoms with Crippen LogP contribution < -0.4 is 0 Å². The average molecular weight is 366 g/mol. The van der Waals surface area contributed by atoms with Crippen LogP contribution in [0.1, 0.15) is 31.3 Å². The Balaban J connectivity index is 1.83. The van der Waals surface area contributed by atoms with Crippen molar-refractivity contribution >= 4 is 15.7 Å².